The maximum atomic E-state index is 11.3. The van der Waals surface area contributed by atoms with Crippen LogP contribution >= 0.6 is 0 Å². The first-order valence-corrected chi connectivity index (χ1v) is 13.5. The van der Waals surface area contributed by atoms with Gasteiger partial charge in [0.15, 0.2) is 5.78 Å². The molecule has 5 N–H and O–H groups in total. The quantitative estimate of drug-likeness (QED) is 0.176. The third-order valence-electron chi connectivity index (χ3n) is 4.63. The van der Waals surface area contributed by atoms with Gasteiger partial charge in [0.2, 0.25) is 0 Å². The summed E-state index contributed by atoms with van der Waals surface area (Å²) in [5, 5.41) is 25.0. The van der Waals surface area contributed by atoms with Crippen molar-refractivity contribution in [2.75, 3.05) is 6.54 Å². The Kier molecular flexibility index (Phi) is 33.5. The molecule has 0 aliphatic rings. The van der Waals surface area contributed by atoms with Gasteiger partial charge in [-0.2, -0.15) is 0 Å². The number of Topliss-reactive ketones (excluding diaryl/α,β-unsaturated/α-hetero) is 1. The van der Waals surface area contributed by atoms with E-state index in [9.17, 15) is 19.5 Å². The molecule has 0 radical (unpaired) electrons. The zero-order valence-corrected chi connectivity index (χ0v) is 22.2. The molecule has 180 valence electrons. The van der Waals surface area contributed by atoms with E-state index in [1.54, 1.807) is 0 Å². The zero-order chi connectivity index (χ0) is 24.3. The average molecular weight is 456 g/mol. The number of carbonyl (C=O) groups excluding carboxylic acids is 1. The summed E-state index contributed by atoms with van der Waals surface area (Å²) in [4.78, 5) is 30.5. The number of ketones is 1. The predicted molar refractivity (Wildman–Crippen MR) is 127 cm³/mol. The van der Waals surface area contributed by atoms with Crippen molar-refractivity contribution in [1.82, 2.24) is 0 Å². The van der Waals surface area contributed by atoms with Crippen molar-refractivity contribution < 1.29 is 29.7 Å². The first-order valence-electron chi connectivity index (χ1n) is 12.1. The van der Waals surface area contributed by atoms with E-state index in [4.69, 9.17) is 15.9 Å². The van der Waals surface area contributed by atoms with Gasteiger partial charge in [-0.05, 0) is 6.42 Å². The Hall–Kier alpha value is -0.470. The van der Waals surface area contributed by atoms with E-state index in [0.717, 1.165) is 12.8 Å². The molecule has 0 aliphatic carbocycles. The Bertz CT molecular complexity index is 403. The standard InChI is InChI=1S/C14H29NO2.C5H11.C4H6O4.Na/c1-2-3-4-5-6-7-8-9-10-11-13(16)14(17)12-15;1-3-5-4-2;5-3(6)1-2-4(7)8;/h14,17H,2-12,15H2,1H3;1,3-5H2,2H3;1-2H2,(H,5,6)(H,7,8);. The van der Waals surface area contributed by atoms with Crippen molar-refractivity contribution in [3.05, 3.63) is 0 Å². The summed E-state index contributed by atoms with van der Waals surface area (Å²) in [7, 11) is 0. The van der Waals surface area contributed by atoms with Crippen LogP contribution < -0.4 is 5.73 Å². The number of rotatable bonds is 18. The van der Waals surface area contributed by atoms with Crippen LogP contribution in [0.1, 0.15) is 110 Å². The van der Waals surface area contributed by atoms with Gasteiger partial charge in [0.05, 0.1) is 12.8 Å². The molecule has 0 aromatic heterocycles. The number of carboxylic acids is 2. The van der Waals surface area contributed by atoms with Crippen LogP contribution in [0.15, 0.2) is 0 Å². The Labute approximate surface area is 207 Å². The number of unbranched alkanes of at least 4 members (excludes halogenated alkanes) is 10. The number of aliphatic hydroxyl groups is 1. The second-order valence-corrected chi connectivity index (χ2v) is 8.79. The first kappa shape index (κ1) is 35.1. The molecule has 0 bridgehead atoms. The fraction of sp³-hybridized carbons (Fsp3) is 0.870. The molecule has 0 heterocycles. The van der Waals surface area contributed by atoms with Crippen LogP contribution in [0, 0.1) is 0 Å². The van der Waals surface area contributed by atoms with E-state index in [1.165, 1.54) is 95.8 Å². The topological polar surface area (TPSA) is 138 Å². The molecule has 0 saturated heterocycles. The number of hydrogen-bond acceptors (Lipinski definition) is 5. The largest absolute Gasteiger partial charge is 0.481 e. The maximum absolute atomic E-state index is 11.3. The first-order chi connectivity index (χ1) is 14.8. The molecule has 7 nitrogen and oxygen atoms in total. The maximum Gasteiger partial charge on any atom is 0.303 e. The monoisotopic (exact) mass is 455 g/mol. The number of carbonyl (C=O) groups is 3. The minimum atomic E-state index is -1.08. The minimum Gasteiger partial charge on any atom is -0.481 e. The normalized spacial score (nSPS) is 10.9. The molecule has 0 fully saturated rings. The van der Waals surface area contributed by atoms with E-state index in [-0.39, 0.29) is 25.2 Å². The molecule has 0 spiro atoms. The zero-order valence-electron chi connectivity index (χ0n) is 20.2. The van der Waals surface area contributed by atoms with Gasteiger partial charge in [0.25, 0.3) is 0 Å². The summed E-state index contributed by atoms with van der Waals surface area (Å²) in [6, 6.07) is 0. The molecule has 0 saturated carbocycles. The number of aliphatic carboxylic acids is 2. The summed E-state index contributed by atoms with van der Waals surface area (Å²) in [6.45, 7) is 4.53. The molecular formula is C23H46NNaO6. The number of carboxylic acid groups (broad SMARTS) is 2. The van der Waals surface area contributed by atoms with Crippen LogP contribution in [0.2, 0.25) is 3.67 Å². The fourth-order valence-corrected chi connectivity index (χ4v) is 3.12. The average Bonchev–Trinajstić information content (AvgIpc) is 2.75. The third kappa shape index (κ3) is 37.2. The van der Waals surface area contributed by atoms with E-state index in [2.05, 4.69) is 13.8 Å². The second kappa shape index (κ2) is 29.5. The second-order valence-electron chi connectivity index (χ2n) is 7.79. The van der Waals surface area contributed by atoms with Gasteiger partial charge in [-0.25, -0.2) is 0 Å². The van der Waals surface area contributed by atoms with E-state index >= 15 is 0 Å². The van der Waals surface area contributed by atoms with E-state index < -0.39 is 18.0 Å². The summed E-state index contributed by atoms with van der Waals surface area (Å²) in [5.74, 6) is -2.25. The Balaban J connectivity index is -0.000000461. The van der Waals surface area contributed by atoms with Crippen LogP contribution in [-0.4, -0.2) is 73.6 Å². The molecule has 0 rings (SSSR count). The van der Waals surface area contributed by atoms with Gasteiger partial charge >= 0.3 is 69.7 Å². The number of nitrogens with two attached hydrogens (primary N) is 1. The van der Waals surface area contributed by atoms with Gasteiger partial charge in [0.1, 0.15) is 6.10 Å². The van der Waals surface area contributed by atoms with Crippen molar-refractivity contribution in [2.45, 2.75) is 120 Å². The van der Waals surface area contributed by atoms with Crippen LogP contribution in [0.25, 0.3) is 0 Å². The summed E-state index contributed by atoms with van der Waals surface area (Å²) in [6.07, 6.45) is 14.4. The van der Waals surface area contributed by atoms with Crippen molar-refractivity contribution >= 4 is 45.7 Å². The molecule has 1 atom stereocenters. The van der Waals surface area contributed by atoms with Crippen LogP contribution in [0.3, 0.4) is 0 Å². The molecule has 0 aromatic carbocycles. The van der Waals surface area contributed by atoms with E-state index in [0.29, 0.717) is 6.42 Å². The van der Waals surface area contributed by atoms with Gasteiger partial charge in [0, 0.05) is 13.0 Å². The third-order valence-corrected chi connectivity index (χ3v) is 5.34. The molecule has 8 heteroatoms. The van der Waals surface area contributed by atoms with Crippen LogP contribution in [-0.2, 0) is 14.4 Å². The molecule has 0 aliphatic heterocycles. The summed E-state index contributed by atoms with van der Waals surface area (Å²) in [5.41, 5.74) is 5.21. The molecule has 1 unspecified atom stereocenters. The fourth-order valence-electron chi connectivity index (χ4n) is 2.62. The van der Waals surface area contributed by atoms with Crippen molar-refractivity contribution in [2.24, 2.45) is 5.73 Å². The van der Waals surface area contributed by atoms with E-state index in [1.807, 2.05) is 0 Å². The smallest absolute Gasteiger partial charge is 0.303 e. The van der Waals surface area contributed by atoms with Crippen LogP contribution in [0.4, 0.5) is 0 Å². The molecular weight excluding hydrogens is 409 g/mol. The van der Waals surface area contributed by atoms with Crippen molar-refractivity contribution in [3.63, 3.8) is 0 Å². The van der Waals surface area contributed by atoms with Gasteiger partial charge in [-0.15, -0.1) is 0 Å². The van der Waals surface area contributed by atoms with Crippen molar-refractivity contribution in [3.8, 4) is 0 Å². The minimum absolute atomic E-state index is 0.0518. The Morgan fingerprint density at radius 3 is 1.42 bits per heavy atom. The molecule has 0 amide bonds. The summed E-state index contributed by atoms with van der Waals surface area (Å²) >= 11 is 1.40. The Morgan fingerprint density at radius 1 is 0.710 bits per heavy atom. The Morgan fingerprint density at radius 2 is 1.10 bits per heavy atom. The van der Waals surface area contributed by atoms with Gasteiger partial charge in [-0.1, -0.05) is 58.3 Å². The predicted octanol–water partition coefficient (Wildman–Crippen LogP) is 4.50. The molecule has 0 aromatic rings. The SMILES string of the molecule is CCCCCCCCCCCC(=O)C(O)CN.CCCC[CH2][Na].O=C(O)CCC(=O)O. The number of aliphatic hydroxyl groups excluding tert-OH is 1. The van der Waals surface area contributed by atoms with Crippen molar-refractivity contribution in [1.29, 1.82) is 0 Å². The van der Waals surface area contributed by atoms with Gasteiger partial charge < -0.3 is 21.1 Å². The van der Waals surface area contributed by atoms with Crippen LogP contribution in [0.5, 0.6) is 0 Å². The number of hydrogen-bond donors (Lipinski definition) is 4. The summed E-state index contributed by atoms with van der Waals surface area (Å²) < 4.78 is 1.49. The molecule has 31 heavy (non-hydrogen) atoms. The van der Waals surface area contributed by atoms with Gasteiger partial charge in [-0.3, -0.25) is 14.4 Å².